The number of carbonyl (C=O) groups is 1. The smallest absolute Gasteiger partial charge is 0.163 e. The summed E-state index contributed by atoms with van der Waals surface area (Å²) < 4.78 is 0. The molecule has 1 aliphatic carbocycles. The van der Waals surface area contributed by atoms with Crippen LogP contribution in [-0.4, -0.2) is 40.4 Å². The van der Waals surface area contributed by atoms with Crippen LogP contribution in [0.15, 0.2) is 24.7 Å². The summed E-state index contributed by atoms with van der Waals surface area (Å²) in [7, 11) is 1.84. The molecule has 2 heterocycles. The fraction of sp³-hybridized carbons (Fsp3) is 0.474. The Morgan fingerprint density at radius 1 is 1.38 bits per heavy atom. The van der Waals surface area contributed by atoms with E-state index in [1.54, 1.807) is 18.6 Å². The molecule has 0 bridgehead atoms. The number of hydrogen-bond acceptors (Lipinski definition) is 7. The summed E-state index contributed by atoms with van der Waals surface area (Å²) in [4.78, 5) is 27.3. The van der Waals surface area contributed by atoms with Gasteiger partial charge in [-0.3, -0.25) is 4.98 Å². The van der Waals surface area contributed by atoms with Gasteiger partial charge >= 0.3 is 0 Å². The van der Waals surface area contributed by atoms with Crippen LogP contribution in [0.1, 0.15) is 39.0 Å². The van der Waals surface area contributed by atoms with Crippen molar-refractivity contribution in [1.29, 1.82) is 0 Å². The van der Waals surface area contributed by atoms with Crippen molar-refractivity contribution in [3.8, 4) is 11.4 Å². The second-order valence-electron chi connectivity index (χ2n) is 6.60. The van der Waals surface area contributed by atoms with Gasteiger partial charge in [-0.2, -0.15) is 0 Å². The summed E-state index contributed by atoms with van der Waals surface area (Å²) in [6.07, 6.45) is 11.3. The highest BCUT2D eigenvalue weighted by Gasteiger charge is 2.31. The molecule has 2 aromatic rings. The van der Waals surface area contributed by atoms with E-state index in [0.717, 1.165) is 42.6 Å². The molecule has 3 N–H and O–H groups in total. The number of nitrogens with one attached hydrogen (secondary N) is 1. The van der Waals surface area contributed by atoms with Crippen molar-refractivity contribution in [3.63, 3.8) is 0 Å². The first-order valence-corrected chi connectivity index (χ1v) is 9.17. The zero-order valence-electron chi connectivity index (χ0n) is 15.4. The molecule has 0 amide bonds. The molecule has 0 spiro atoms. The third-order valence-electron chi connectivity index (χ3n) is 5.03. The van der Waals surface area contributed by atoms with Crippen molar-refractivity contribution in [2.24, 2.45) is 0 Å². The van der Waals surface area contributed by atoms with E-state index in [9.17, 15) is 4.79 Å². The van der Waals surface area contributed by atoms with Crippen LogP contribution >= 0.6 is 0 Å². The highest BCUT2D eigenvalue weighted by molar-refractivity contribution is 5.76. The highest BCUT2D eigenvalue weighted by Crippen LogP contribution is 2.35. The molecule has 0 radical (unpaired) electrons. The van der Waals surface area contributed by atoms with Crippen molar-refractivity contribution >= 4 is 23.5 Å². The molecule has 0 unspecified atom stereocenters. The number of aldehydes is 1. The predicted octanol–water partition coefficient (Wildman–Crippen LogP) is 2.89. The molecule has 7 nitrogen and oxygen atoms in total. The Morgan fingerprint density at radius 2 is 2.15 bits per heavy atom. The van der Waals surface area contributed by atoms with Crippen LogP contribution in [0.2, 0.25) is 0 Å². The Labute approximate surface area is 154 Å². The van der Waals surface area contributed by atoms with E-state index in [-0.39, 0.29) is 6.04 Å². The van der Waals surface area contributed by atoms with Crippen molar-refractivity contribution in [1.82, 2.24) is 15.0 Å². The first-order valence-electron chi connectivity index (χ1n) is 9.17. The van der Waals surface area contributed by atoms with Gasteiger partial charge in [-0.05, 0) is 25.3 Å². The lowest BCUT2D eigenvalue weighted by atomic mass is 10.1. The van der Waals surface area contributed by atoms with Crippen LogP contribution in [-0.2, 0) is 4.79 Å². The van der Waals surface area contributed by atoms with Crippen LogP contribution in [0.3, 0.4) is 0 Å². The molecular weight excluding hydrogens is 328 g/mol. The summed E-state index contributed by atoms with van der Waals surface area (Å²) in [5.41, 5.74) is 8.15. The average Bonchev–Trinajstić information content (AvgIpc) is 3.20. The van der Waals surface area contributed by atoms with Crippen molar-refractivity contribution in [2.75, 3.05) is 23.0 Å². The minimum atomic E-state index is -0.206. The van der Waals surface area contributed by atoms with Crippen LogP contribution in [0.25, 0.3) is 11.4 Å². The van der Waals surface area contributed by atoms with Gasteiger partial charge in [0, 0.05) is 24.8 Å². The summed E-state index contributed by atoms with van der Waals surface area (Å²) >= 11 is 0. The molecule has 26 heavy (non-hydrogen) atoms. The van der Waals surface area contributed by atoms with E-state index >= 15 is 0 Å². The SMILES string of the molecule is CC[C@H](C=O)N(c1nc(-c2ccncc2N)ncc1NC)C1CCCC1. The number of pyridine rings is 1. The summed E-state index contributed by atoms with van der Waals surface area (Å²) in [6.45, 7) is 2.03. The lowest BCUT2D eigenvalue weighted by Crippen LogP contribution is -2.44. The predicted molar refractivity (Wildman–Crippen MR) is 104 cm³/mol. The Morgan fingerprint density at radius 3 is 2.77 bits per heavy atom. The Hall–Kier alpha value is -2.70. The van der Waals surface area contributed by atoms with E-state index in [1.165, 1.54) is 12.8 Å². The topological polar surface area (TPSA) is 97.0 Å². The minimum absolute atomic E-state index is 0.206. The number of nitrogen functional groups attached to an aromatic ring is 1. The largest absolute Gasteiger partial charge is 0.397 e. The molecule has 2 aromatic heterocycles. The Kier molecular flexibility index (Phi) is 5.65. The molecule has 3 rings (SSSR count). The maximum absolute atomic E-state index is 11.8. The standard InChI is InChI=1S/C19H26N6O/c1-3-13(12-26)25(14-6-4-5-7-14)19-17(21-2)11-23-18(24-19)15-8-9-22-10-16(15)20/h8-14,21H,3-7,20H2,1-2H3/t13-/m1/s1. The third-order valence-corrected chi connectivity index (χ3v) is 5.03. The second-order valence-corrected chi connectivity index (χ2v) is 6.60. The molecule has 0 saturated heterocycles. The number of nitrogens with two attached hydrogens (primary N) is 1. The van der Waals surface area contributed by atoms with E-state index in [1.807, 2.05) is 20.0 Å². The van der Waals surface area contributed by atoms with Crippen molar-refractivity contribution < 1.29 is 4.79 Å². The van der Waals surface area contributed by atoms with Gasteiger partial charge in [0.05, 0.1) is 29.8 Å². The number of anilines is 3. The fourth-order valence-corrected chi connectivity index (χ4v) is 3.63. The summed E-state index contributed by atoms with van der Waals surface area (Å²) in [5, 5.41) is 3.17. The first-order chi connectivity index (χ1) is 12.7. The first kappa shape index (κ1) is 18.1. The second kappa shape index (κ2) is 8.12. The molecule has 0 aromatic carbocycles. The quantitative estimate of drug-likeness (QED) is 0.738. The van der Waals surface area contributed by atoms with Crippen molar-refractivity contribution in [3.05, 3.63) is 24.7 Å². The van der Waals surface area contributed by atoms with E-state index in [4.69, 9.17) is 10.7 Å². The van der Waals surface area contributed by atoms with Crippen LogP contribution in [0.4, 0.5) is 17.2 Å². The molecule has 0 aliphatic heterocycles. The molecular formula is C19H26N6O. The lowest BCUT2D eigenvalue weighted by molar-refractivity contribution is -0.109. The normalized spacial score (nSPS) is 15.6. The van der Waals surface area contributed by atoms with Gasteiger partial charge < -0.3 is 20.7 Å². The zero-order chi connectivity index (χ0) is 18.5. The van der Waals surface area contributed by atoms with E-state index in [2.05, 4.69) is 20.2 Å². The summed E-state index contributed by atoms with van der Waals surface area (Å²) in [5.74, 6) is 1.31. The number of rotatable bonds is 7. The van der Waals surface area contributed by atoms with Crippen LogP contribution in [0, 0.1) is 0 Å². The van der Waals surface area contributed by atoms with Gasteiger partial charge in [-0.15, -0.1) is 0 Å². The van der Waals surface area contributed by atoms with Crippen molar-refractivity contribution in [2.45, 2.75) is 51.1 Å². The summed E-state index contributed by atoms with van der Waals surface area (Å²) in [6, 6.07) is 1.92. The van der Waals surface area contributed by atoms with Crippen LogP contribution in [0.5, 0.6) is 0 Å². The van der Waals surface area contributed by atoms with Gasteiger partial charge in [0.2, 0.25) is 0 Å². The molecule has 1 aliphatic rings. The molecule has 1 fully saturated rings. The van der Waals surface area contributed by atoms with Gasteiger partial charge in [0.15, 0.2) is 11.6 Å². The number of hydrogen-bond donors (Lipinski definition) is 2. The van der Waals surface area contributed by atoms with Gasteiger partial charge in [-0.25, -0.2) is 9.97 Å². The maximum atomic E-state index is 11.8. The van der Waals surface area contributed by atoms with E-state index < -0.39 is 0 Å². The van der Waals surface area contributed by atoms with Gasteiger partial charge in [0.25, 0.3) is 0 Å². The van der Waals surface area contributed by atoms with Gasteiger partial charge in [-0.1, -0.05) is 19.8 Å². The molecule has 1 atom stereocenters. The maximum Gasteiger partial charge on any atom is 0.163 e. The monoisotopic (exact) mass is 354 g/mol. The number of carbonyl (C=O) groups excluding carboxylic acids is 1. The average molecular weight is 354 g/mol. The molecule has 1 saturated carbocycles. The van der Waals surface area contributed by atoms with Gasteiger partial charge in [0.1, 0.15) is 6.29 Å². The number of aromatic nitrogens is 3. The third kappa shape index (κ3) is 3.47. The molecule has 138 valence electrons. The minimum Gasteiger partial charge on any atom is -0.397 e. The zero-order valence-corrected chi connectivity index (χ0v) is 15.4. The number of nitrogens with zero attached hydrogens (tertiary/aromatic N) is 4. The Balaban J connectivity index is 2.11. The Bertz CT molecular complexity index is 759. The van der Waals surface area contributed by atoms with Crippen LogP contribution < -0.4 is 16.0 Å². The highest BCUT2D eigenvalue weighted by atomic mass is 16.1. The lowest BCUT2D eigenvalue weighted by Gasteiger charge is -2.35. The van der Waals surface area contributed by atoms with E-state index in [0.29, 0.717) is 17.6 Å². The molecule has 7 heteroatoms. The fourth-order valence-electron chi connectivity index (χ4n) is 3.63.